The van der Waals surface area contributed by atoms with Gasteiger partial charge in [0.05, 0.1) is 6.07 Å². The molecule has 0 spiro atoms. The second kappa shape index (κ2) is 5.19. The molecule has 0 unspecified atom stereocenters. The molecular formula is C13H10ClN. The van der Waals surface area contributed by atoms with Gasteiger partial charge in [0.25, 0.3) is 0 Å². The number of allylic oxidation sites excluding steroid dienone is 4. The molecule has 0 saturated carbocycles. The molecule has 0 bridgehead atoms. The van der Waals surface area contributed by atoms with Crippen LogP contribution in [0, 0.1) is 11.3 Å². The van der Waals surface area contributed by atoms with Crippen LogP contribution in [0.4, 0.5) is 0 Å². The van der Waals surface area contributed by atoms with Gasteiger partial charge in [-0.05, 0) is 23.3 Å². The molecule has 1 nitrogen and oxygen atoms in total. The molecule has 0 saturated heterocycles. The third kappa shape index (κ3) is 3.12. The first-order chi connectivity index (χ1) is 7.15. The molecule has 0 amide bonds. The lowest BCUT2D eigenvalue weighted by Crippen LogP contribution is -1.80. The lowest BCUT2D eigenvalue weighted by atomic mass is 10.1. The first kappa shape index (κ1) is 11.3. The number of halogens is 1. The second-order valence-corrected chi connectivity index (χ2v) is 3.38. The Morgan fingerprint density at radius 2 is 1.93 bits per heavy atom. The Hall–Kier alpha value is -1.78. The summed E-state index contributed by atoms with van der Waals surface area (Å²) in [7, 11) is 0. The van der Waals surface area contributed by atoms with Crippen LogP contribution in [0.25, 0.3) is 5.57 Å². The molecule has 1 aromatic carbocycles. The van der Waals surface area contributed by atoms with E-state index in [0.29, 0.717) is 10.6 Å². The van der Waals surface area contributed by atoms with E-state index in [1.165, 1.54) is 0 Å². The van der Waals surface area contributed by atoms with Crippen LogP contribution in [0.1, 0.15) is 5.56 Å². The minimum atomic E-state index is 0.392. The van der Waals surface area contributed by atoms with Gasteiger partial charge in [0, 0.05) is 10.6 Å². The van der Waals surface area contributed by atoms with Crippen LogP contribution in [0.2, 0.25) is 5.02 Å². The van der Waals surface area contributed by atoms with E-state index < -0.39 is 0 Å². The highest BCUT2D eigenvalue weighted by Gasteiger charge is 1.99. The first-order valence-corrected chi connectivity index (χ1v) is 4.74. The molecule has 0 aliphatic heterocycles. The maximum atomic E-state index is 8.52. The van der Waals surface area contributed by atoms with Gasteiger partial charge in [-0.2, -0.15) is 5.26 Å². The molecular weight excluding hydrogens is 206 g/mol. The molecule has 1 rings (SSSR count). The summed E-state index contributed by atoms with van der Waals surface area (Å²) < 4.78 is 0. The molecule has 74 valence electrons. The quantitative estimate of drug-likeness (QED) is 0.553. The van der Waals surface area contributed by atoms with E-state index >= 15 is 0 Å². The fourth-order valence-electron chi connectivity index (χ4n) is 1.05. The van der Waals surface area contributed by atoms with Crippen LogP contribution in [-0.4, -0.2) is 0 Å². The smallest absolute Gasteiger partial charge is 0.0985 e. The van der Waals surface area contributed by atoms with E-state index in [4.69, 9.17) is 16.9 Å². The van der Waals surface area contributed by atoms with Crippen molar-refractivity contribution >= 4 is 17.2 Å². The first-order valence-electron chi connectivity index (χ1n) is 4.36. The number of hydrogen-bond acceptors (Lipinski definition) is 1. The lowest BCUT2D eigenvalue weighted by Gasteiger charge is -2.02. The van der Waals surface area contributed by atoms with Crippen LogP contribution in [-0.2, 0) is 0 Å². The molecule has 15 heavy (non-hydrogen) atoms. The fourth-order valence-corrected chi connectivity index (χ4v) is 1.31. The zero-order valence-corrected chi connectivity index (χ0v) is 8.96. The van der Waals surface area contributed by atoms with E-state index in [0.717, 1.165) is 11.1 Å². The average molecular weight is 216 g/mol. The number of benzene rings is 1. The van der Waals surface area contributed by atoms with E-state index in [2.05, 4.69) is 13.2 Å². The minimum Gasteiger partial charge on any atom is -0.192 e. The van der Waals surface area contributed by atoms with Gasteiger partial charge in [0.2, 0.25) is 0 Å². The van der Waals surface area contributed by atoms with Crippen LogP contribution in [0.5, 0.6) is 0 Å². The molecule has 0 heterocycles. The third-order valence-corrected chi connectivity index (χ3v) is 2.18. The van der Waals surface area contributed by atoms with Gasteiger partial charge in [-0.25, -0.2) is 0 Å². The predicted octanol–water partition coefficient (Wildman–Crippen LogP) is 3.99. The van der Waals surface area contributed by atoms with E-state index in [1.807, 2.05) is 24.3 Å². The van der Waals surface area contributed by atoms with Gasteiger partial charge >= 0.3 is 0 Å². The Kier molecular flexibility index (Phi) is 3.91. The highest BCUT2D eigenvalue weighted by Crippen LogP contribution is 2.23. The largest absolute Gasteiger partial charge is 0.192 e. The molecule has 0 N–H and O–H groups in total. The highest BCUT2D eigenvalue weighted by atomic mass is 35.5. The van der Waals surface area contributed by atoms with Crippen molar-refractivity contribution in [1.29, 1.82) is 5.26 Å². The summed E-state index contributed by atoms with van der Waals surface area (Å²) in [5.41, 5.74) is 2.02. The zero-order valence-electron chi connectivity index (χ0n) is 8.20. The Labute approximate surface area is 94.6 Å². The Morgan fingerprint density at radius 3 is 2.53 bits per heavy atom. The van der Waals surface area contributed by atoms with Crippen LogP contribution in [0.3, 0.4) is 0 Å². The van der Waals surface area contributed by atoms with Crippen molar-refractivity contribution in [2.45, 2.75) is 0 Å². The number of nitriles is 1. The van der Waals surface area contributed by atoms with E-state index in [-0.39, 0.29) is 0 Å². The van der Waals surface area contributed by atoms with Gasteiger partial charge in [-0.3, -0.25) is 0 Å². The van der Waals surface area contributed by atoms with Crippen molar-refractivity contribution in [3.63, 3.8) is 0 Å². The number of nitrogens with zero attached hydrogens (tertiary/aromatic N) is 1. The van der Waals surface area contributed by atoms with Crippen LogP contribution < -0.4 is 0 Å². The lowest BCUT2D eigenvalue weighted by molar-refractivity contribution is 1.50. The van der Waals surface area contributed by atoms with Gasteiger partial charge < -0.3 is 0 Å². The molecule has 0 aliphatic carbocycles. The monoisotopic (exact) mass is 215 g/mol. The molecule has 1 aromatic rings. The molecule has 0 aromatic heterocycles. The van der Waals surface area contributed by atoms with E-state index in [1.54, 1.807) is 18.2 Å². The molecule has 0 aliphatic rings. The van der Waals surface area contributed by atoms with Gasteiger partial charge in [0.1, 0.15) is 0 Å². The summed E-state index contributed by atoms with van der Waals surface area (Å²) in [6.07, 6.45) is 3.35. The van der Waals surface area contributed by atoms with Crippen LogP contribution >= 0.6 is 11.6 Å². The fraction of sp³-hybridized carbons (Fsp3) is 0. The van der Waals surface area contributed by atoms with Gasteiger partial charge in [-0.1, -0.05) is 49.0 Å². The molecule has 0 fully saturated rings. The zero-order chi connectivity index (χ0) is 11.3. The SMILES string of the molecule is C=C(C#N)/C=C\C(=C)c1ccccc1Cl. The summed E-state index contributed by atoms with van der Waals surface area (Å²) in [6, 6.07) is 9.36. The maximum Gasteiger partial charge on any atom is 0.0985 e. The summed E-state index contributed by atoms with van der Waals surface area (Å²) in [4.78, 5) is 0. The van der Waals surface area contributed by atoms with Crippen molar-refractivity contribution in [2.75, 3.05) is 0 Å². The molecule has 0 radical (unpaired) electrons. The van der Waals surface area contributed by atoms with Crippen LogP contribution in [0.15, 0.2) is 55.1 Å². The third-order valence-electron chi connectivity index (χ3n) is 1.85. The normalized spacial score (nSPS) is 9.87. The molecule has 2 heteroatoms. The summed E-state index contributed by atoms with van der Waals surface area (Å²) >= 11 is 5.99. The van der Waals surface area contributed by atoms with E-state index in [9.17, 15) is 0 Å². The second-order valence-electron chi connectivity index (χ2n) is 2.98. The Morgan fingerprint density at radius 1 is 1.27 bits per heavy atom. The van der Waals surface area contributed by atoms with Crippen molar-refractivity contribution in [1.82, 2.24) is 0 Å². The number of rotatable bonds is 3. The minimum absolute atomic E-state index is 0.392. The maximum absolute atomic E-state index is 8.52. The summed E-state index contributed by atoms with van der Waals surface area (Å²) in [6.45, 7) is 7.41. The number of hydrogen-bond donors (Lipinski definition) is 0. The van der Waals surface area contributed by atoms with Gasteiger partial charge in [0.15, 0.2) is 0 Å². The average Bonchev–Trinajstić information content (AvgIpc) is 2.26. The van der Waals surface area contributed by atoms with Crippen molar-refractivity contribution < 1.29 is 0 Å². The van der Waals surface area contributed by atoms with Gasteiger partial charge in [-0.15, -0.1) is 0 Å². The Bertz CT molecular complexity index is 464. The predicted molar refractivity (Wildman–Crippen MR) is 64.4 cm³/mol. The van der Waals surface area contributed by atoms with Crippen molar-refractivity contribution in [3.8, 4) is 6.07 Å². The Balaban J connectivity index is 2.88. The topological polar surface area (TPSA) is 23.8 Å². The summed E-state index contributed by atoms with van der Waals surface area (Å²) in [5.74, 6) is 0. The molecule has 0 atom stereocenters. The summed E-state index contributed by atoms with van der Waals surface area (Å²) in [5, 5.41) is 9.16. The van der Waals surface area contributed by atoms with Crippen molar-refractivity contribution in [2.24, 2.45) is 0 Å². The standard InChI is InChI=1S/C13H10ClN/c1-10(9-15)7-8-11(2)12-5-3-4-6-13(12)14/h3-8H,1-2H2/b8-7-. The highest BCUT2D eigenvalue weighted by molar-refractivity contribution is 6.32. The van der Waals surface area contributed by atoms with Crippen molar-refractivity contribution in [3.05, 3.63) is 65.7 Å².